The quantitative estimate of drug-likeness (QED) is 0.673. The minimum atomic E-state index is -0.911. The normalized spacial score (nSPS) is 9.88. The molecule has 0 aliphatic heterocycles. The topological polar surface area (TPSA) is 55.4 Å². The van der Waals surface area contributed by atoms with Gasteiger partial charge in [-0.25, -0.2) is 4.79 Å². The van der Waals surface area contributed by atoms with Crippen molar-refractivity contribution in [2.45, 2.75) is 13.8 Å². The Morgan fingerprint density at radius 3 is 2.71 bits per heavy atom. The molecule has 0 saturated carbocycles. The van der Waals surface area contributed by atoms with Gasteiger partial charge in [0.15, 0.2) is 0 Å². The zero-order chi connectivity index (χ0) is 13.0. The molecule has 1 N–H and O–H groups in total. The number of ether oxygens (including phenoxy) is 1. The number of carbonyl (C=O) groups excluding carboxylic acids is 2. The maximum Gasteiger partial charge on any atom is 0.397 e. The molecule has 0 atom stereocenters. The molecule has 1 amide bonds. The monoisotopic (exact) mass is 319 g/mol. The Morgan fingerprint density at radius 2 is 2.12 bits per heavy atom. The summed E-state index contributed by atoms with van der Waals surface area (Å²) >= 11 is 9.26. The van der Waals surface area contributed by atoms with Crippen LogP contribution in [0, 0.1) is 6.92 Å². The van der Waals surface area contributed by atoms with E-state index in [0.717, 1.165) is 4.47 Å². The molecule has 0 bridgehead atoms. The Bertz CT molecular complexity index is 462. The van der Waals surface area contributed by atoms with Crippen LogP contribution in [0.25, 0.3) is 0 Å². The first kappa shape index (κ1) is 14.0. The summed E-state index contributed by atoms with van der Waals surface area (Å²) < 4.78 is 5.30. The highest BCUT2D eigenvalue weighted by molar-refractivity contribution is 9.10. The molecule has 92 valence electrons. The SMILES string of the molecule is CCOC(=O)C(=O)Nc1ccc(Br)c(Cl)c1C. The molecule has 0 radical (unpaired) electrons. The Labute approximate surface area is 112 Å². The third-order valence-corrected chi connectivity index (χ3v) is 3.42. The van der Waals surface area contributed by atoms with E-state index in [2.05, 4.69) is 26.0 Å². The fourth-order valence-corrected chi connectivity index (χ4v) is 1.75. The molecule has 0 aliphatic carbocycles. The third kappa shape index (κ3) is 3.44. The van der Waals surface area contributed by atoms with Crippen molar-refractivity contribution in [3.8, 4) is 0 Å². The van der Waals surface area contributed by atoms with Gasteiger partial charge in [-0.3, -0.25) is 4.79 Å². The van der Waals surface area contributed by atoms with Crippen molar-refractivity contribution < 1.29 is 14.3 Å². The van der Waals surface area contributed by atoms with Gasteiger partial charge in [0, 0.05) is 10.2 Å². The van der Waals surface area contributed by atoms with Gasteiger partial charge >= 0.3 is 11.9 Å². The fourth-order valence-electron chi connectivity index (χ4n) is 1.16. The van der Waals surface area contributed by atoms with Gasteiger partial charge in [-0.05, 0) is 47.5 Å². The molecule has 17 heavy (non-hydrogen) atoms. The van der Waals surface area contributed by atoms with Gasteiger partial charge in [-0.2, -0.15) is 0 Å². The summed E-state index contributed by atoms with van der Waals surface area (Å²) in [5, 5.41) is 2.94. The number of carbonyl (C=O) groups is 2. The predicted octanol–water partition coefficient (Wildman–Crippen LogP) is 2.91. The Hall–Kier alpha value is -1.07. The van der Waals surface area contributed by atoms with Crippen LogP contribution in [0.4, 0.5) is 5.69 Å². The largest absolute Gasteiger partial charge is 0.459 e. The minimum Gasteiger partial charge on any atom is -0.459 e. The molecule has 0 aliphatic rings. The van der Waals surface area contributed by atoms with Crippen LogP contribution < -0.4 is 5.32 Å². The second kappa shape index (κ2) is 6.02. The summed E-state index contributed by atoms with van der Waals surface area (Å²) in [5.41, 5.74) is 1.16. The first-order valence-electron chi connectivity index (χ1n) is 4.90. The van der Waals surface area contributed by atoms with Crippen molar-refractivity contribution in [2.24, 2.45) is 0 Å². The number of hydrogen-bond donors (Lipinski definition) is 1. The Balaban J connectivity index is 2.86. The van der Waals surface area contributed by atoms with E-state index in [1.165, 1.54) is 0 Å². The molecule has 6 heteroatoms. The number of amides is 1. The number of halogens is 2. The molecule has 0 fully saturated rings. The predicted molar refractivity (Wildman–Crippen MR) is 69.2 cm³/mol. The van der Waals surface area contributed by atoms with E-state index in [1.54, 1.807) is 26.0 Å². The molecule has 1 aromatic carbocycles. The van der Waals surface area contributed by atoms with E-state index in [1.807, 2.05) is 0 Å². The Morgan fingerprint density at radius 1 is 1.47 bits per heavy atom. The first-order valence-corrected chi connectivity index (χ1v) is 6.07. The second-order valence-electron chi connectivity index (χ2n) is 3.21. The van der Waals surface area contributed by atoms with E-state index in [9.17, 15) is 9.59 Å². The van der Waals surface area contributed by atoms with Crippen molar-refractivity contribution in [3.05, 3.63) is 27.2 Å². The van der Waals surface area contributed by atoms with E-state index in [4.69, 9.17) is 11.6 Å². The van der Waals surface area contributed by atoms with Crippen LogP contribution in [0.3, 0.4) is 0 Å². The van der Waals surface area contributed by atoms with Crippen molar-refractivity contribution in [1.29, 1.82) is 0 Å². The maximum atomic E-state index is 11.4. The fraction of sp³-hybridized carbons (Fsp3) is 0.273. The smallest absolute Gasteiger partial charge is 0.397 e. The molecule has 0 aromatic heterocycles. The zero-order valence-corrected chi connectivity index (χ0v) is 11.7. The lowest BCUT2D eigenvalue weighted by Gasteiger charge is -2.10. The van der Waals surface area contributed by atoms with Crippen LogP contribution in [0.1, 0.15) is 12.5 Å². The lowest BCUT2D eigenvalue weighted by Crippen LogP contribution is -2.25. The van der Waals surface area contributed by atoms with Gasteiger partial charge in [-0.15, -0.1) is 0 Å². The van der Waals surface area contributed by atoms with Crippen LogP contribution in [0.2, 0.25) is 5.02 Å². The number of rotatable bonds is 2. The number of hydrogen-bond acceptors (Lipinski definition) is 3. The molecule has 4 nitrogen and oxygen atoms in total. The van der Waals surface area contributed by atoms with Gasteiger partial charge in [-0.1, -0.05) is 11.6 Å². The highest BCUT2D eigenvalue weighted by Crippen LogP contribution is 2.30. The summed E-state index contributed by atoms with van der Waals surface area (Å²) in [4.78, 5) is 22.5. The number of esters is 1. The lowest BCUT2D eigenvalue weighted by molar-refractivity contribution is -0.152. The van der Waals surface area contributed by atoms with Gasteiger partial charge in [0.2, 0.25) is 0 Å². The zero-order valence-electron chi connectivity index (χ0n) is 9.34. The van der Waals surface area contributed by atoms with E-state index in [-0.39, 0.29) is 6.61 Å². The summed E-state index contributed by atoms with van der Waals surface area (Å²) in [5.74, 6) is -1.72. The second-order valence-corrected chi connectivity index (χ2v) is 4.44. The molecule has 0 unspecified atom stereocenters. The summed E-state index contributed by atoms with van der Waals surface area (Å²) in [6, 6.07) is 3.35. The van der Waals surface area contributed by atoms with Crippen LogP contribution in [0.5, 0.6) is 0 Å². The molecular formula is C11H11BrClNO3. The standard InChI is InChI=1S/C11H11BrClNO3/c1-3-17-11(16)10(15)14-8-5-4-7(12)9(13)6(8)2/h4-5H,3H2,1-2H3,(H,14,15). The van der Waals surface area contributed by atoms with Crippen LogP contribution in [-0.2, 0) is 14.3 Å². The highest BCUT2D eigenvalue weighted by atomic mass is 79.9. The molecule has 0 heterocycles. The third-order valence-electron chi connectivity index (χ3n) is 2.05. The van der Waals surface area contributed by atoms with E-state index >= 15 is 0 Å². The van der Waals surface area contributed by atoms with Gasteiger partial charge in [0.05, 0.1) is 11.6 Å². The van der Waals surface area contributed by atoms with Crippen LogP contribution in [-0.4, -0.2) is 18.5 Å². The average molecular weight is 321 g/mol. The van der Waals surface area contributed by atoms with Gasteiger partial charge in [0.25, 0.3) is 0 Å². The van der Waals surface area contributed by atoms with E-state index < -0.39 is 11.9 Å². The molecule has 0 spiro atoms. The first-order chi connectivity index (χ1) is 7.97. The van der Waals surface area contributed by atoms with E-state index in [0.29, 0.717) is 16.3 Å². The molecule has 0 saturated heterocycles. The van der Waals surface area contributed by atoms with Crippen molar-refractivity contribution in [1.82, 2.24) is 0 Å². The Kier molecular flexibility index (Phi) is 4.96. The van der Waals surface area contributed by atoms with Crippen LogP contribution >= 0.6 is 27.5 Å². The lowest BCUT2D eigenvalue weighted by atomic mass is 10.2. The van der Waals surface area contributed by atoms with Gasteiger partial charge < -0.3 is 10.1 Å². The maximum absolute atomic E-state index is 11.4. The molecule has 1 rings (SSSR count). The van der Waals surface area contributed by atoms with Gasteiger partial charge in [0.1, 0.15) is 0 Å². The number of nitrogens with one attached hydrogen (secondary N) is 1. The van der Waals surface area contributed by atoms with Crippen molar-refractivity contribution in [3.63, 3.8) is 0 Å². The van der Waals surface area contributed by atoms with Crippen molar-refractivity contribution in [2.75, 3.05) is 11.9 Å². The highest BCUT2D eigenvalue weighted by Gasteiger charge is 2.16. The number of benzene rings is 1. The molecule has 1 aromatic rings. The molecular weight excluding hydrogens is 309 g/mol. The number of anilines is 1. The summed E-state index contributed by atoms with van der Waals surface area (Å²) in [6.07, 6.45) is 0. The minimum absolute atomic E-state index is 0.159. The van der Waals surface area contributed by atoms with Crippen LogP contribution in [0.15, 0.2) is 16.6 Å². The summed E-state index contributed by atoms with van der Waals surface area (Å²) in [6.45, 7) is 3.53. The average Bonchev–Trinajstić information content (AvgIpc) is 2.30. The van der Waals surface area contributed by atoms with Crippen molar-refractivity contribution >= 4 is 45.1 Å². The summed E-state index contributed by atoms with van der Waals surface area (Å²) in [7, 11) is 0.